The van der Waals surface area contributed by atoms with Crippen LogP contribution in [-0.2, 0) is 4.79 Å². The second-order valence-electron chi connectivity index (χ2n) is 5.21. The van der Waals surface area contributed by atoms with Crippen LogP contribution < -0.4 is 10.6 Å². The van der Waals surface area contributed by atoms with Gasteiger partial charge in [0.2, 0.25) is 5.91 Å². The lowest BCUT2D eigenvalue weighted by Crippen LogP contribution is -2.51. The van der Waals surface area contributed by atoms with E-state index in [4.69, 9.17) is 0 Å². The number of likely N-dealkylation sites (tertiary alicyclic amines) is 1. The van der Waals surface area contributed by atoms with Crippen molar-refractivity contribution in [3.8, 4) is 0 Å². The molecule has 0 bridgehead atoms. The van der Waals surface area contributed by atoms with E-state index in [1.54, 1.807) is 0 Å². The third-order valence-electron chi connectivity index (χ3n) is 3.84. The molecule has 1 unspecified atom stereocenters. The fourth-order valence-corrected chi connectivity index (χ4v) is 2.95. The van der Waals surface area contributed by atoms with E-state index in [0.29, 0.717) is 12.5 Å². The van der Waals surface area contributed by atoms with Crippen molar-refractivity contribution < 1.29 is 18.0 Å². The van der Waals surface area contributed by atoms with Gasteiger partial charge in [-0.15, -0.1) is 0 Å². The summed E-state index contributed by atoms with van der Waals surface area (Å²) < 4.78 is 36.4. The molecule has 2 rings (SSSR count). The lowest BCUT2D eigenvalue weighted by Gasteiger charge is -2.35. The summed E-state index contributed by atoms with van der Waals surface area (Å²) in [5.41, 5.74) is 0. The van der Waals surface area contributed by atoms with Crippen LogP contribution in [0.25, 0.3) is 0 Å². The number of nitrogens with zero attached hydrogens (tertiary/aromatic N) is 1. The average molecular weight is 279 g/mol. The van der Waals surface area contributed by atoms with Crippen molar-refractivity contribution in [2.45, 2.75) is 43.9 Å². The zero-order valence-electron chi connectivity index (χ0n) is 10.8. The molecule has 1 amide bonds. The van der Waals surface area contributed by atoms with Crippen LogP contribution in [0.1, 0.15) is 25.7 Å². The van der Waals surface area contributed by atoms with Crippen molar-refractivity contribution >= 4 is 5.91 Å². The van der Waals surface area contributed by atoms with E-state index < -0.39 is 18.6 Å². The van der Waals surface area contributed by atoms with E-state index in [-0.39, 0.29) is 6.04 Å². The largest absolute Gasteiger partial charge is 0.405 e. The second kappa shape index (κ2) is 6.09. The predicted octanol–water partition coefficient (Wildman–Crippen LogP) is 0.881. The molecular formula is C12H20F3N3O. The quantitative estimate of drug-likeness (QED) is 0.806. The Balaban J connectivity index is 1.88. The molecule has 0 saturated carbocycles. The summed E-state index contributed by atoms with van der Waals surface area (Å²) in [4.78, 5) is 14.0. The zero-order chi connectivity index (χ0) is 13.9. The van der Waals surface area contributed by atoms with Crippen molar-refractivity contribution in [3.63, 3.8) is 0 Å². The Kier molecular flexibility index (Phi) is 4.67. The van der Waals surface area contributed by atoms with Gasteiger partial charge in [0.25, 0.3) is 0 Å². The molecule has 2 heterocycles. The molecule has 110 valence electrons. The third kappa shape index (κ3) is 4.07. The van der Waals surface area contributed by atoms with E-state index in [2.05, 4.69) is 10.2 Å². The first kappa shape index (κ1) is 14.6. The van der Waals surface area contributed by atoms with Crippen LogP contribution in [0.5, 0.6) is 0 Å². The number of nitrogens with one attached hydrogen (secondary N) is 2. The summed E-state index contributed by atoms with van der Waals surface area (Å²) in [5.74, 6) is -0.478. The predicted molar refractivity (Wildman–Crippen MR) is 64.7 cm³/mol. The lowest BCUT2D eigenvalue weighted by atomic mass is 10.0. The fourth-order valence-electron chi connectivity index (χ4n) is 2.95. The van der Waals surface area contributed by atoms with Crippen LogP contribution in [0.4, 0.5) is 13.2 Å². The molecule has 2 N–H and O–H groups in total. The molecule has 2 aliphatic rings. The number of amides is 1. The Bertz CT molecular complexity index is 316. The van der Waals surface area contributed by atoms with E-state index in [9.17, 15) is 18.0 Å². The van der Waals surface area contributed by atoms with Crippen molar-refractivity contribution in [2.24, 2.45) is 0 Å². The lowest BCUT2D eigenvalue weighted by molar-refractivity contribution is -0.141. The molecule has 0 radical (unpaired) electrons. The maximum atomic E-state index is 12.1. The highest BCUT2D eigenvalue weighted by Crippen LogP contribution is 2.24. The number of hydrogen-bond acceptors (Lipinski definition) is 3. The minimum atomic E-state index is -4.34. The zero-order valence-corrected chi connectivity index (χ0v) is 10.8. The Morgan fingerprint density at radius 3 is 2.58 bits per heavy atom. The fraction of sp³-hybridized carbons (Fsp3) is 0.917. The molecule has 7 heteroatoms. The molecule has 0 aromatic heterocycles. The van der Waals surface area contributed by atoms with Crippen LogP contribution in [0.3, 0.4) is 0 Å². The van der Waals surface area contributed by atoms with Gasteiger partial charge in [-0.1, -0.05) is 0 Å². The summed E-state index contributed by atoms with van der Waals surface area (Å²) in [6, 6.07) is -0.0594. The summed E-state index contributed by atoms with van der Waals surface area (Å²) in [6.45, 7) is 1.41. The molecule has 0 spiro atoms. The van der Waals surface area contributed by atoms with Crippen molar-refractivity contribution in [2.75, 3.05) is 26.2 Å². The first-order valence-corrected chi connectivity index (χ1v) is 6.78. The number of carbonyl (C=O) groups excluding carboxylic acids is 1. The highest BCUT2D eigenvalue weighted by atomic mass is 19.4. The van der Waals surface area contributed by atoms with Crippen molar-refractivity contribution in [1.82, 2.24) is 15.5 Å². The Morgan fingerprint density at radius 1 is 1.26 bits per heavy atom. The summed E-state index contributed by atoms with van der Waals surface area (Å²) in [5, 5.41) is 5.26. The minimum Gasteiger partial charge on any atom is -0.346 e. The minimum absolute atomic E-state index is 0.324. The Morgan fingerprint density at radius 2 is 1.95 bits per heavy atom. The van der Waals surface area contributed by atoms with Gasteiger partial charge < -0.3 is 10.6 Å². The molecule has 2 saturated heterocycles. The normalized spacial score (nSPS) is 26.6. The van der Waals surface area contributed by atoms with Gasteiger partial charge in [0.05, 0.1) is 6.04 Å². The first-order valence-electron chi connectivity index (χ1n) is 6.78. The topological polar surface area (TPSA) is 44.4 Å². The molecule has 1 atom stereocenters. The monoisotopic (exact) mass is 279 g/mol. The Labute approximate surface area is 110 Å². The smallest absolute Gasteiger partial charge is 0.346 e. The maximum absolute atomic E-state index is 12.1. The summed E-state index contributed by atoms with van der Waals surface area (Å²) in [7, 11) is 0. The molecule has 2 aliphatic heterocycles. The van der Waals surface area contributed by atoms with Gasteiger partial charge in [-0.25, -0.2) is 0 Å². The SMILES string of the molecule is O=C(NCC(F)(F)F)C1CCCN1C1CCNCC1. The van der Waals surface area contributed by atoms with Gasteiger partial charge in [0.1, 0.15) is 6.54 Å². The number of rotatable bonds is 3. The number of halogens is 3. The van der Waals surface area contributed by atoms with Crippen LogP contribution in [0.2, 0.25) is 0 Å². The van der Waals surface area contributed by atoms with Crippen molar-refractivity contribution in [3.05, 3.63) is 0 Å². The number of piperidine rings is 1. The number of carbonyl (C=O) groups is 1. The third-order valence-corrected chi connectivity index (χ3v) is 3.84. The summed E-state index contributed by atoms with van der Waals surface area (Å²) >= 11 is 0. The van der Waals surface area contributed by atoms with Gasteiger partial charge in [0, 0.05) is 6.04 Å². The van der Waals surface area contributed by atoms with E-state index in [0.717, 1.165) is 38.9 Å². The molecule has 4 nitrogen and oxygen atoms in total. The standard InChI is InChI=1S/C12H20F3N3O/c13-12(14,15)8-17-11(19)10-2-1-7-18(10)9-3-5-16-6-4-9/h9-10,16H,1-8H2,(H,17,19). The van der Waals surface area contributed by atoms with Gasteiger partial charge >= 0.3 is 6.18 Å². The summed E-state index contributed by atoms with van der Waals surface area (Å²) in [6.07, 6.45) is -0.873. The van der Waals surface area contributed by atoms with Gasteiger partial charge in [-0.3, -0.25) is 9.69 Å². The van der Waals surface area contributed by atoms with Crippen molar-refractivity contribution in [1.29, 1.82) is 0 Å². The maximum Gasteiger partial charge on any atom is 0.405 e. The molecule has 0 aromatic rings. The van der Waals surface area contributed by atoms with Crippen LogP contribution in [-0.4, -0.2) is 55.2 Å². The highest BCUT2D eigenvalue weighted by Gasteiger charge is 2.37. The molecular weight excluding hydrogens is 259 g/mol. The van der Waals surface area contributed by atoms with Gasteiger partial charge in [-0.05, 0) is 45.3 Å². The number of alkyl halides is 3. The van der Waals surface area contributed by atoms with Crippen LogP contribution >= 0.6 is 0 Å². The van der Waals surface area contributed by atoms with Crippen LogP contribution in [0, 0.1) is 0 Å². The molecule has 0 aromatic carbocycles. The van der Waals surface area contributed by atoms with Gasteiger partial charge in [-0.2, -0.15) is 13.2 Å². The van der Waals surface area contributed by atoms with E-state index in [1.807, 2.05) is 5.32 Å². The molecule has 19 heavy (non-hydrogen) atoms. The highest BCUT2D eigenvalue weighted by molar-refractivity contribution is 5.82. The first-order chi connectivity index (χ1) is 8.97. The van der Waals surface area contributed by atoms with Gasteiger partial charge in [0.15, 0.2) is 0 Å². The Hall–Kier alpha value is -0.820. The van der Waals surface area contributed by atoms with E-state index >= 15 is 0 Å². The van der Waals surface area contributed by atoms with Crippen LogP contribution in [0.15, 0.2) is 0 Å². The van der Waals surface area contributed by atoms with E-state index in [1.165, 1.54) is 0 Å². The molecule has 0 aliphatic carbocycles. The number of hydrogen-bond donors (Lipinski definition) is 2. The molecule has 2 fully saturated rings. The second-order valence-corrected chi connectivity index (χ2v) is 5.21. The average Bonchev–Trinajstić information content (AvgIpc) is 2.85.